The summed E-state index contributed by atoms with van der Waals surface area (Å²) in [4.78, 5) is 52.2. The van der Waals surface area contributed by atoms with E-state index in [1.54, 1.807) is 103 Å². The van der Waals surface area contributed by atoms with Crippen molar-refractivity contribution in [2.24, 2.45) is 16.9 Å². The summed E-state index contributed by atoms with van der Waals surface area (Å²) in [6.45, 7) is 0.0488. The fraction of sp³-hybridized carbons (Fsp3) is 0.319. The van der Waals surface area contributed by atoms with Gasteiger partial charge in [0.2, 0.25) is 5.41 Å². The Morgan fingerprint density at radius 1 is 0.623 bits per heavy atom. The number of esters is 2. The predicted octanol–water partition coefficient (Wildman–Crippen LogP) is 6.74. The van der Waals surface area contributed by atoms with Crippen molar-refractivity contribution in [2.45, 2.75) is 50.1 Å². The van der Waals surface area contributed by atoms with Crippen LogP contribution in [0.25, 0.3) is 12.2 Å². The molecule has 14 nitrogen and oxygen atoms in total. The van der Waals surface area contributed by atoms with E-state index >= 15 is 0 Å². The molecule has 0 fully saturated rings. The molecule has 6 N–H and O–H groups in total. The molecular formula is C47H54N2O12. The van der Waals surface area contributed by atoms with Crippen molar-refractivity contribution in [3.8, 4) is 23.0 Å². The van der Waals surface area contributed by atoms with Gasteiger partial charge in [0.25, 0.3) is 0 Å². The first kappa shape index (κ1) is 47.0. The Labute approximate surface area is 355 Å². The maximum absolute atomic E-state index is 13.5. The van der Waals surface area contributed by atoms with Crippen LogP contribution in [0, 0.1) is 5.41 Å². The molecule has 4 rings (SSSR count). The number of carboxylic acid groups (broad SMARTS) is 2. The molecule has 2 unspecified atom stereocenters. The van der Waals surface area contributed by atoms with E-state index < -0.39 is 40.9 Å². The SMILES string of the molecule is COc1ccc(C=CC(=O)OCCCCc2ccccc2C(N)(CCCCOC(=O)C=Cc2ccc(OC)c(OC)c2)C(C(=O)O)(C(=O)O)C(N)c2ccccc2)cc1OC. The summed E-state index contributed by atoms with van der Waals surface area (Å²) in [5.41, 5.74) is 11.7. The lowest BCUT2D eigenvalue weighted by atomic mass is 9.58. The molecule has 0 spiro atoms. The van der Waals surface area contributed by atoms with Crippen molar-refractivity contribution >= 4 is 36.0 Å². The van der Waals surface area contributed by atoms with Crippen LogP contribution in [-0.4, -0.2) is 75.7 Å². The van der Waals surface area contributed by atoms with Crippen LogP contribution in [0.2, 0.25) is 0 Å². The highest BCUT2D eigenvalue weighted by Gasteiger charge is 2.65. The third-order valence-electron chi connectivity index (χ3n) is 10.4. The molecule has 4 aromatic rings. The minimum atomic E-state index is -2.75. The number of hydrogen-bond donors (Lipinski definition) is 4. The zero-order valence-corrected chi connectivity index (χ0v) is 34.8. The monoisotopic (exact) mass is 838 g/mol. The molecule has 61 heavy (non-hydrogen) atoms. The van der Waals surface area contributed by atoms with Gasteiger partial charge in [-0.25, -0.2) is 9.59 Å². The Hall–Kier alpha value is -6.64. The lowest BCUT2D eigenvalue weighted by Crippen LogP contribution is -2.65. The van der Waals surface area contributed by atoms with E-state index in [2.05, 4.69) is 0 Å². The summed E-state index contributed by atoms with van der Waals surface area (Å²) in [5.74, 6) is -2.45. The van der Waals surface area contributed by atoms with E-state index in [-0.39, 0.29) is 38.0 Å². The first-order chi connectivity index (χ1) is 29.4. The number of nitrogens with two attached hydrogens (primary N) is 2. The Morgan fingerprint density at radius 2 is 1.10 bits per heavy atom. The molecule has 0 aromatic heterocycles. The average Bonchev–Trinajstić information content (AvgIpc) is 3.27. The van der Waals surface area contributed by atoms with Gasteiger partial charge in [0, 0.05) is 12.2 Å². The Bertz CT molecular complexity index is 2160. The van der Waals surface area contributed by atoms with E-state index in [0.29, 0.717) is 64.5 Å². The molecule has 324 valence electrons. The number of carboxylic acids is 2. The van der Waals surface area contributed by atoms with Gasteiger partial charge in [-0.1, -0.05) is 66.7 Å². The summed E-state index contributed by atoms with van der Waals surface area (Å²) in [6.07, 6.45) is 7.29. The van der Waals surface area contributed by atoms with Crippen LogP contribution in [0.1, 0.15) is 66.0 Å². The summed E-state index contributed by atoms with van der Waals surface area (Å²) in [6, 6.07) is 23.8. The van der Waals surface area contributed by atoms with E-state index in [4.69, 9.17) is 39.9 Å². The number of aliphatic carboxylic acids is 2. The lowest BCUT2D eigenvalue weighted by Gasteiger charge is -2.47. The molecule has 0 saturated heterocycles. The number of hydrogen-bond acceptors (Lipinski definition) is 12. The second kappa shape index (κ2) is 22.7. The number of rotatable bonds is 24. The van der Waals surface area contributed by atoms with Crippen LogP contribution in [-0.2, 0) is 40.6 Å². The quantitative estimate of drug-likeness (QED) is 0.0249. The number of ether oxygens (including phenoxy) is 6. The van der Waals surface area contributed by atoms with Crippen molar-refractivity contribution < 1.29 is 57.8 Å². The van der Waals surface area contributed by atoms with Crippen molar-refractivity contribution in [3.05, 3.63) is 131 Å². The Kier molecular flexibility index (Phi) is 17.5. The summed E-state index contributed by atoms with van der Waals surface area (Å²) >= 11 is 0. The van der Waals surface area contributed by atoms with Gasteiger partial charge in [-0.2, -0.15) is 0 Å². The minimum absolute atomic E-state index is 0.0487. The van der Waals surface area contributed by atoms with Gasteiger partial charge in [0.05, 0.1) is 53.2 Å². The van der Waals surface area contributed by atoms with Crippen LogP contribution in [0.15, 0.2) is 103 Å². The highest BCUT2D eigenvalue weighted by atomic mass is 16.5. The zero-order valence-electron chi connectivity index (χ0n) is 34.8. The predicted molar refractivity (Wildman–Crippen MR) is 229 cm³/mol. The molecule has 0 saturated carbocycles. The molecule has 0 aliphatic rings. The fourth-order valence-electron chi connectivity index (χ4n) is 7.25. The van der Waals surface area contributed by atoms with Gasteiger partial charge >= 0.3 is 23.9 Å². The van der Waals surface area contributed by atoms with Gasteiger partial charge in [0.1, 0.15) is 0 Å². The van der Waals surface area contributed by atoms with Crippen molar-refractivity contribution in [1.29, 1.82) is 0 Å². The average molecular weight is 839 g/mol. The van der Waals surface area contributed by atoms with Crippen molar-refractivity contribution in [1.82, 2.24) is 0 Å². The van der Waals surface area contributed by atoms with E-state index in [0.717, 1.165) is 0 Å². The smallest absolute Gasteiger partial charge is 0.330 e. The molecule has 0 heterocycles. The van der Waals surface area contributed by atoms with Crippen LogP contribution in [0.3, 0.4) is 0 Å². The zero-order chi connectivity index (χ0) is 44.4. The largest absolute Gasteiger partial charge is 0.493 e. The van der Waals surface area contributed by atoms with Gasteiger partial charge in [0.15, 0.2) is 23.0 Å². The van der Waals surface area contributed by atoms with Crippen molar-refractivity contribution in [3.63, 3.8) is 0 Å². The van der Waals surface area contributed by atoms with Gasteiger partial charge in [-0.3, -0.25) is 9.59 Å². The van der Waals surface area contributed by atoms with Crippen LogP contribution < -0.4 is 30.4 Å². The summed E-state index contributed by atoms with van der Waals surface area (Å²) in [5, 5.41) is 21.9. The standard InChI is InChI=1S/C47H54N2O12/c1-56-37-23-19-32(30-39(37)58-3)21-25-41(50)60-28-12-10-15-34-14-8-9-18-36(34)46(49,47(44(52)53,45(54)55)43(48)35-16-6-5-7-17-35)27-11-13-29-61-42(51)26-22-33-20-24-38(57-2)40(31-33)59-4/h5-9,14,16-26,30-31,43H,10-13,15,27-29,48-49H2,1-4H3,(H,52,53)(H,54,55). The van der Waals surface area contributed by atoms with Crippen LogP contribution >= 0.6 is 0 Å². The van der Waals surface area contributed by atoms with Crippen LogP contribution in [0.4, 0.5) is 0 Å². The molecule has 4 aromatic carbocycles. The second-order valence-electron chi connectivity index (χ2n) is 14.1. The third-order valence-corrected chi connectivity index (χ3v) is 10.4. The first-order valence-corrected chi connectivity index (χ1v) is 19.6. The molecular weight excluding hydrogens is 785 g/mol. The lowest BCUT2D eigenvalue weighted by molar-refractivity contribution is -0.174. The summed E-state index contributed by atoms with van der Waals surface area (Å²) < 4.78 is 32.0. The fourth-order valence-corrected chi connectivity index (χ4v) is 7.25. The third kappa shape index (κ3) is 11.6. The minimum Gasteiger partial charge on any atom is -0.493 e. The molecule has 2 atom stereocenters. The topological polar surface area (TPSA) is 216 Å². The maximum Gasteiger partial charge on any atom is 0.330 e. The number of methoxy groups -OCH3 is 4. The number of benzene rings is 4. The van der Waals surface area contributed by atoms with E-state index in [9.17, 15) is 29.4 Å². The van der Waals surface area contributed by atoms with Crippen LogP contribution in [0.5, 0.6) is 23.0 Å². The van der Waals surface area contributed by atoms with Gasteiger partial charge in [-0.05, 0) is 103 Å². The summed E-state index contributed by atoms with van der Waals surface area (Å²) in [7, 11) is 6.08. The molecule has 0 aliphatic heterocycles. The molecule has 14 heteroatoms. The molecule has 0 radical (unpaired) electrons. The first-order valence-electron chi connectivity index (χ1n) is 19.6. The Balaban J connectivity index is 1.51. The number of aryl methyl sites for hydroxylation is 1. The highest BCUT2D eigenvalue weighted by molar-refractivity contribution is 6.01. The second-order valence-corrected chi connectivity index (χ2v) is 14.1. The van der Waals surface area contributed by atoms with E-state index in [1.165, 1.54) is 40.6 Å². The van der Waals surface area contributed by atoms with E-state index in [1.807, 2.05) is 0 Å². The molecule has 0 aliphatic carbocycles. The molecule has 0 bridgehead atoms. The number of unbranched alkanes of at least 4 members (excludes halogenated alkanes) is 2. The highest BCUT2D eigenvalue weighted by Crippen LogP contribution is 2.50. The maximum atomic E-state index is 13.5. The molecule has 0 amide bonds. The number of carbonyl (C=O) groups is 4. The van der Waals surface area contributed by atoms with Gasteiger partial charge < -0.3 is 50.1 Å². The van der Waals surface area contributed by atoms with Gasteiger partial charge in [-0.15, -0.1) is 0 Å². The van der Waals surface area contributed by atoms with Crippen molar-refractivity contribution in [2.75, 3.05) is 41.7 Å². The Morgan fingerprint density at radius 3 is 1.59 bits per heavy atom. The number of carbonyl (C=O) groups excluding carboxylic acids is 2. The normalized spacial score (nSPS) is 13.0.